The van der Waals surface area contributed by atoms with Gasteiger partial charge in [-0.05, 0) is 51.0 Å². The number of benzene rings is 1. The topological polar surface area (TPSA) is 46.3 Å². The molecule has 100 valence electrons. The summed E-state index contributed by atoms with van der Waals surface area (Å²) in [4.78, 5) is 14.2. The number of nitrogens with zero attached hydrogens (tertiary/aromatic N) is 1. The number of amides is 1. The van der Waals surface area contributed by atoms with Gasteiger partial charge in [0, 0.05) is 29.2 Å². The van der Waals surface area contributed by atoms with Crippen LogP contribution in [0.1, 0.15) is 36.7 Å². The molecule has 1 rings (SSSR count). The summed E-state index contributed by atoms with van der Waals surface area (Å²) in [5, 5.41) is 0. The lowest BCUT2D eigenvalue weighted by Gasteiger charge is -2.21. The van der Waals surface area contributed by atoms with Crippen LogP contribution in [-0.2, 0) is 6.42 Å². The van der Waals surface area contributed by atoms with E-state index in [-0.39, 0.29) is 11.9 Å². The number of nitrogens with two attached hydrogens (primary N) is 1. The Hall–Kier alpha value is -0.870. The van der Waals surface area contributed by atoms with E-state index < -0.39 is 0 Å². The Kier molecular flexibility index (Phi) is 5.82. The number of carbonyl (C=O) groups excluding carboxylic acids is 1. The second kappa shape index (κ2) is 6.90. The van der Waals surface area contributed by atoms with E-state index in [4.69, 9.17) is 5.73 Å². The van der Waals surface area contributed by atoms with E-state index in [2.05, 4.69) is 15.9 Å². The maximum atomic E-state index is 12.4. The smallest absolute Gasteiger partial charge is 0.254 e. The van der Waals surface area contributed by atoms with Gasteiger partial charge in [-0.25, -0.2) is 0 Å². The van der Waals surface area contributed by atoms with Crippen molar-refractivity contribution in [3.05, 3.63) is 33.8 Å². The zero-order valence-corrected chi connectivity index (χ0v) is 12.8. The second-order valence-electron chi connectivity index (χ2n) is 4.46. The fraction of sp³-hybridized carbons (Fsp3) is 0.500. The third-order valence-electron chi connectivity index (χ3n) is 2.89. The van der Waals surface area contributed by atoms with E-state index in [0.717, 1.165) is 28.7 Å². The van der Waals surface area contributed by atoms with Gasteiger partial charge in [-0.1, -0.05) is 15.9 Å². The minimum atomic E-state index is 0.0440. The molecule has 0 bridgehead atoms. The average Bonchev–Trinajstić information content (AvgIpc) is 2.29. The molecule has 0 heterocycles. The number of rotatable bonds is 5. The fourth-order valence-electron chi connectivity index (χ4n) is 1.97. The second-order valence-corrected chi connectivity index (χ2v) is 5.38. The molecule has 1 atom stereocenters. The van der Waals surface area contributed by atoms with Gasteiger partial charge in [-0.3, -0.25) is 4.79 Å². The van der Waals surface area contributed by atoms with E-state index in [1.54, 1.807) is 0 Å². The largest absolute Gasteiger partial charge is 0.339 e. The highest BCUT2D eigenvalue weighted by molar-refractivity contribution is 9.10. The number of halogens is 1. The maximum Gasteiger partial charge on any atom is 0.254 e. The van der Waals surface area contributed by atoms with Crippen molar-refractivity contribution < 1.29 is 4.79 Å². The highest BCUT2D eigenvalue weighted by Crippen LogP contribution is 2.19. The van der Waals surface area contributed by atoms with Crippen molar-refractivity contribution in [2.24, 2.45) is 5.73 Å². The van der Waals surface area contributed by atoms with Crippen molar-refractivity contribution in [3.63, 3.8) is 0 Å². The van der Waals surface area contributed by atoms with Gasteiger partial charge in [0.2, 0.25) is 0 Å². The monoisotopic (exact) mass is 312 g/mol. The summed E-state index contributed by atoms with van der Waals surface area (Å²) in [5.74, 6) is 0.0863. The summed E-state index contributed by atoms with van der Waals surface area (Å²) in [5.41, 5.74) is 7.62. The molecule has 1 unspecified atom stereocenters. The molecule has 18 heavy (non-hydrogen) atoms. The van der Waals surface area contributed by atoms with Crippen molar-refractivity contribution in [1.82, 2.24) is 4.90 Å². The molecule has 0 spiro atoms. The van der Waals surface area contributed by atoms with Crippen LogP contribution >= 0.6 is 15.9 Å². The highest BCUT2D eigenvalue weighted by atomic mass is 79.9. The zero-order valence-electron chi connectivity index (χ0n) is 11.2. The predicted octanol–water partition coefficient (Wildman–Crippen LogP) is 2.82. The first kappa shape index (κ1) is 15.2. The number of hydrogen-bond donors (Lipinski definition) is 1. The average molecular weight is 313 g/mol. The molecule has 1 amide bonds. The Labute approximate surface area is 117 Å². The molecule has 0 radical (unpaired) electrons. The molecule has 0 saturated heterocycles. The molecular formula is C14H21BrN2O. The first-order valence-corrected chi connectivity index (χ1v) is 7.12. The summed E-state index contributed by atoms with van der Waals surface area (Å²) in [6.45, 7) is 7.38. The van der Waals surface area contributed by atoms with Crippen LogP contribution in [0.25, 0.3) is 0 Å². The van der Waals surface area contributed by atoms with Crippen LogP contribution in [0.3, 0.4) is 0 Å². The minimum Gasteiger partial charge on any atom is -0.339 e. The minimum absolute atomic E-state index is 0.0440. The van der Waals surface area contributed by atoms with Crippen LogP contribution in [0.2, 0.25) is 0 Å². The Bertz CT molecular complexity index is 414. The van der Waals surface area contributed by atoms with Gasteiger partial charge in [0.25, 0.3) is 5.91 Å². The van der Waals surface area contributed by atoms with E-state index in [1.165, 1.54) is 0 Å². The van der Waals surface area contributed by atoms with Gasteiger partial charge in [-0.2, -0.15) is 0 Å². The Morgan fingerprint density at radius 1 is 1.39 bits per heavy atom. The van der Waals surface area contributed by atoms with Gasteiger partial charge < -0.3 is 10.6 Å². The molecule has 4 heteroatoms. The lowest BCUT2D eigenvalue weighted by atomic mass is 10.0. The molecule has 0 aromatic heterocycles. The van der Waals surface area contributed by atoms with Crippen LogP contribution in [0.15, 0.2) is 22.7 Å². The van der Waals surface area contributed by atoms with Crippen molar-refractivity contribution in [2.45, 2.75) is 33.2 Å². The van der Waals surface area contributed by atoms with Crippen molar-refractivity contribution in [3.8, 4) is 0 Å². The van der Waals surface area contributed by atoms with E-state index in [9.17, 15) is 4.79 Å². The maximum absolute atomic E-state index is 12.4. The lowest BCUT2D eigenvalue weighted by molar-refractivity contribution is 0.0772. The quantitative estimate of drug-likeness (QED) is 0.908. The van der Waals surface area contributed by atoms with Crippen LogP contribution in [0.5, 0.6) is 0 Å². The zero-order chi connectivity index (χ0) is 13.7. The highest BCUT2D eigenvalue weighted by Gasteiger charge is 2.17. The molecule has 1 aromatic rings. The summed E-state index contributed by atoms with van der Waals surface area (Å²) in [7, 11) is 0. The van der Waals surface area contributed by atoms with E-state index in [0.29, 0.717) is 6.42 Å². The third kappa shape index (κ3) is 3.82. The van der Waals surface area contributed by atoms with Crippen LogP contribution < -0.4 is 5.73 Å². The molecule has 3 nitrogen and oxygen atoms in total. The van der Waals surface area contributed by atoms with Gasteiger partial charge in [-0.15, -0.1) is 0 Å². The summed E-state index contributed by atoms with van der Waals surface area (Å²) < 4.78 is 0.981. The standard InChI is InChI=1S/C14H21BrN2O/c1-4-17(5-2)14(18)13-7-6-12(15)9-11(13)8-10(3)16/h6-7,9-10H,4-5,8,16H2,1-3H3. The summed E-state index contributed by atoms with van der Waals surface area (Å²) in [6.07, 6.45) is 0.710. The third-order valence-corrected chi connectivity index (χ3v) is 3.38. The molecule has 0 saturated carbocycles. The van der Waals surface area contributed by atoms with Crippen molar-refractivity contribution >= 4 is 21.8 Å². The molecule has 0 aliphatic heterocycles. The Balaban J connectivity index is 3.10. The van der Waals surface area contributed by atoms with Gasteiger partial charge in [0.1, 0.15) is 0 Å². The first-order chi connectivity index (χ1) is 8.49. The van der Waals surface area contributed by atoms with Crippen LogP contribution in [-0.4, -0.2) is 29.9 Å². The van der Waals surface area contributed by atoms with E-state index >= 15 is 0 Å². The molecule has 2 N–H and O–H groups in total. The van der Waals surface area contributed by atoms with Gasteiger partial charge >= 0.3 is 0 Å². The predicted molar refractivity (Wildman–Crippen MR) is 78.7 cm³/mol. The van der Waals surface area contributed by atoms with Crippen molar-refractivity contribution in [2.75, 3.05) is 13.1 Å². The van der Waals surface area contributed by atoms with Crippen molar-refractivity contribution in [1.29, 1.82) is 0 Å². The Morgan fingerprint density at radius 3 is 2.50 bits per heavy atom. The Morgan fingerprint density at radius 2 is 2.00 bits per heavy atom. The summed E-state index contributed by atoms with van der Waals surface area (Å²) >= 11 is 3.44. The first-order valence-electron chi connectivity index (χ1n) is 6.32. The fourth-order valence-corrected chi connectivity index (χ4v) is 2.38. The molecule has 0 fully saturated rings. The molecule has 0 aliphatic carbocycles. The number of hydrogen-bond acceptors (Lipinski definition) is 2. The number of carbonyl (C=O) groups is 1. The van der Waals surface area contributed by atoms with Crippen LogP contribution in [0, 0.1) is 0 Å². The lowest BCUT2D eigenvalue weighted by Crippen LogP contribution is -2.32. The van der Waals surface area contributed by atoms with Gasteiger partial charge in [0.05, 0.1) is 0 Å². The van der Waals surface area contributed by atoms with E-state index in [1.807, 2.05) is 43.9 Å². The SMILES string of the molecule is CCN(CC)C(=O)c1ccc(Br)cc1CC(C)N. The normalized spacial score (nSPS) is 12.3. The molecule has 0 aliphatic rings. The molecular weight excluding hydrogens is 292 g/mol. The summed E-state index contributed by atoms with van der Waals surface area (Å²) in [6, 6.07) is 5.81. The molecule has 1 aromatic carbocycles. The van der Waals surface area contributed by atoms with Gasteiger partial charge in [0.15, 0.2) is 0 Å². The van der Waals surface area contributed by atoms with Crippen LogP contribution in [0.4, 0.5) is 0 Å².